The van der Waals surface area contributed by atoms with Crippen molar-refractivity contribution in [2.45, 2.75) is 20.8 Å². The van der Waals surface area contributed by atoms with Crippen molar-refractivity contribution in [2.24, 2.45) is 0 Å². The summed E-state index contributed by atoms with van der Waals surface area (Å²) in [5.41, 5.74) is 4.06. The number of hydrogen-bond acceptors (Lipinski definition) is 0. The minimum atomic E-state index is 1.33. The Morgan fingerprint density at radius 1 is 0.522 bits per heavy atom. The lowest BCUT2D eigenvalue weighted by Gasteiger charge is -2.17. The van der Waals surface area contributed by atoms with E-state index in [9.17, 15) is 0 Å². The molecule has 110 valence electrons. The third-order valence-corrected chi connectivity index (χ3v) is 5.28. The molecule has 0 heteroatoms. The molecule has 5 aromatic rings. The summed E-state index contributed by atoms with van der Waals surface area (Å²) in [5, 5.41) is 11.1. The summed E-state index contributed by atoms with van der Waals surface area (Å²) in [5.74, 6) is 0. The Morgan fingerprint density at radius 2 is 1.17 bits per heavy atom. The van der Waals surface area contributed by atoms with Crippen LogP contribution in [-0.4, -0.2) is 0 Å². The van der Waals surface area contributed by atoms with Gasteiger partial charge in [-0.1, -0.05) is 54.6 Å². The van der Waals surface area contributed by atoms with E-state index in [4.69, 9.17) is 0 Å². The van der Waals surface area contributed by atoms with E-state index in [1.54, 1.807) is 0 Å². The quantitative estimate of drug-likeness (QED) is 0.221. The smallest absolute Gasteiger partial charge is 0.00210 e. The molecule has 0 amide bonds. The fraction of sp³-hybridized carbons (Fsp3) is 0.130. The summed E-state index contributed by atoms with van der Waals surface area (Å²) in [7, 11) is 0. The first-order valence-corrected chi connectivity index (χ1v) is 8.22. The number of benzene rings is 5. The van der Waals surface area contributed by atoms with Gasteiger partial charge in [0, 0.05) is 0 Å². The van der Waals surface area contributed by atoms with Gasteiger partial charge in [-0.2, -0.15) is 0 Å². The standard InChI is InChI=1S/C23H18/c1-13-11-16-5-4-6-17-18-9-7-14(2)21-15(3)8-10-19(23(18)21)20(12-13)22(16)17/h4-12H,1-3H3. The van der Waals surface area contributed by atoms with E-state index in [0.717, 1.165) is 0 Å². The molecule has 0 unspecified atom stereocenters. The molecule has 0 saturated heterocycles. The molecule has 0 spiro atoms. The second-order valence-corrected chi connectivity index (χ2v) is 6.83. The Hall–Kier alpha value is -2.60. The van der Waals surface area contributed by atoms with Crippen LogP contribution >= 0.6 is 0 Å². The molecule has 0 atom stereocenters. The number of hydrogen-bond donors (Lipinski definition) is 0. The first kappa shape index (κ1) is 12.9. The van der Waals surface area contributed by atoms with Gasteiger partial charge in [0.15, 0.2) is 0 Å². The zero-order valence-corrected chi connectivity index (χ0v) is 13.7. The zero-order valence-electron chi connectivity index (χ0n) is 13.7. The summed E-state index contributed by atoms with van der Waals surface area (Å²) in [6, 6.07) is 20.5. The molecule has 0 heterocycles. The van der Waals surface area contributed by atoms with Gasteiger partial charge in [-0.3, -0.25) is 0 Å². The summed E-state index contributed by atoms with van der Waals surface area (Å²) >= 11 is 0. The van der Waals surface area contributed by atoms with E-state index in [1.165, 1.54) is 59.8 Å². The first-order chi connectivity index (χ1) is 11.1. The van der Waals surface area contributed by atoms with Crippen molar-refractivity contribution in [3.05, 3.63) is 71.3 Å². The molecule has 5 aromatic carbocycles. The lowest BCUT2D eigenvalue weighted by atomic mass is 9.86. The molecule has 23 heavy (non-hydrogen) atoms. The third kappa shape index (κ3) is 1.56. The normalized spacial score (nSPS) is 12.1. The van der Waals surface area contributed by atoms with Crippen LogP contribution in [0.25, 0.3) is 43.1 Å². The predicted molar refractivity (Wildman–Crippen MR) is 102 cm³/mol. The summed E-state index contributed by atoms with van der Waals surface area (Å²) in [6.45, 7) is 6.64. The number of aryl methyl sites for hydroxylation is 3. The van der Waals surface area contributed by atoms with Crippen LogP contribution in [0.15, 0.2) is 54.6 Å². The molecule has 0 fully saturated rings. The third-order valence-electron chi connectivity index (χ3n) is 5.28. The van der Waals surface area contributed by atoms with Crippen LogP contribution in [0.3, 0.4) is 0 Å². The largest absolute Gasteiger partial charge is 0.0610 e. The van der Waals surface area contributed by atoms with Gasteiger partial charge in [0.2, 0.25) is 0 Å². The van der Waals surface area contributed by atoms with Crippen LogP contribution in [0.4, 0.5) is 0 Å². The average molecular weight is 294 g/mol. The van der Waals surface area contributed by atoms with Crippen LogP contribution in [0.2, 0.25) is 0 Å². The van der Waals surface area contributed by atoms with Gasteiger partial charge in [0.1, 0.15) is 0 Å². The van der Waals surface area contributed by atoms with Crippen molar-refractivity contribution in [1.29, 1.82) is 0 Å². The number of rotatable bonds is 0. The number of fused-ring (bicyclic) bond motifs is 2. The molecule has 0 aliphatic rings. The lowest BCUT2D eigenvalue weighted by molar-refractivity contribution is 1.48. The van der Waals surface area contributed by atoms with Crippen molar-refractivity contribution in [2.75, 3.05) is 0 Å². The molecule has 0 aliphatic carbocycles. The topological polar surface area (TPSA) is 0 Å². The Labute approximate surface area is 135 Å². The second kappa shape index (κ2) is 4.23. The molecule has 0 N–H and O–H groups in total. The molecule has 0 nitrogen and oxygen atoms in total. The fourth-order valence-corrected chi connectivity index (χ4v) is 4.33. The monoisotopic (exact) mass is 294 g/mol. The molecule has 0 saturated carbocycles. The molecule has 0 aliphatic heterocycles. The molecule has 5 rings (SSSR count). The van der Waals surface area contributed by atoms with Crippen molar-refractivity contribution in [3.8, 4) is 0 Å². The van der Waals surface area contributed by atoms with E-state index < -0.39 is 0 Å². The average Bonchev–Trinajstić information content (AvgIpc) is 2.54. The lowest BCUT2D eigenvalue weighted by Crippen LogP contribution is -1.91. The van der Waals surface area contributed by atoms with E-state index in [-0.39, 0.29) is 0 Å². The van der Waals surface area contributed by atoms with E-state index >= 15 is 0 Å². The highest BCUT2D eigenvalue weighted by molar-refractivity contribution is 6.33. The molecular formula is C23H18. The van der Waals surface area contributed by atoms with Crippen LogP contribution in [0.5, 0.6) is 0 Å². The van der Waals surface area contributed by atoms with Crippen LogP contribution in [0, 0.1) is 20.8 Å². The van der Waals surface area contributed by atoms with E-state index in [0.29, 0.717) is 0 Å². The summed E-state index contributed by atoms with van der Waals surface area (Å²) in [6.07, 6.45) is 0. The van der Waals surface area contributed by atoms with Gasteiger partial charge >= 0.3 is 0 Å². The van der Waals surface area contributed by atoms with Gasteiger partial charge < -0.3 is 0 Å². The highest BCUT2D eigenvalue weighted by Crippen LogP contribution is 2.42. The first-order valence-electron chi connectivity index (χ1n) is 8.22. The maximum atomic E-state index is 2.35. The Balaban J connectivity index is 2.27. The minimum Gasteiger partial charge on any atom is -0.0610 e. The Kier molecular flexibility index (Phi) is 2.37. The SMILES string of the molecule is Cc1cc2cccc3c4ccc(C)c5c(C)ccc(c(c1)c23)c54. The van der Waals surface area contributed by atoms with E-state index in [2.05, 4.69) is 75.4 Å². The molecular weight excluding hydrogens is 276 g/mol. The van der Waals surface area contributed by atoms with Gasteiger partial charge in [-0.25, -0.2) is 0 Å². The van der Waals surface area contributed by atoms with Crippen LogP contribution in [0.1, 0.15) is 16.7 Å². The highest BCUT2D eigenvalue weighted by atomic mass is 14.2. The second-order valence-electron chi connectivity index (χ2n) is 6.83. The molecule has 0 aromatic heterocycles. The van der Waals surface area contributed by atoms with Crippen molar-refractivity contribution in [3.63, 3.8) is 0 Å². The van der Waals surface area contributed by atoms with Gasteiger partial charge in [-0.15, -0.1) is 0 Å². The summed E-state index contributed by atoms with van der Waals surface area (Å²) in [4.78, 5) is 0. The highest BCUT2D eigenvalue weighted by Gasteiger charge is 2.14. The Morgan fingerprint density at radius 3 is 1.91 bits per heavy atom. The maximum Gasteiger partial charge on any atom is -0.00210 e. The zero-order chi connectivity index (χ0) is 15.7. The summed E-state index contributed by atoms with van der Waals surface area (Å²) < 4.78 is 0. The maximum absolute atomic E-state index is 2.35. The molecule has 0 radical (unpaired) electrons. The Bertz CT molecular complexity index is 1220. The molecule has 0 bridgehead atoms. The van der Waals surface area contributed by atoms with Crippen molar-refractivity contribution in [1.82, 2.24) is 0 Å². The predicted octanol–water partition coefficient (Wildman–Crippen LogP) is 6.66. The van der Waals surface area contributed by atoms with Crippen LogP contribution < -0.4 is 0 Å². The van der Waals surface area contributed by atoms with Gasteiger partial charge in [-0.05, 0) is 80.6 Å². The van der Waals surface area contributed by atoms with Gasteiger partial charge in [0.05, 0.1) is 0 Å². The fourth-order valence-electron chi connectivity index (χ4n) is 4.33. The van der Waals surface area contributed by atoms with Gasteiger partial charge in [0.25, 0.3) is 0 Å². The van der Waals surface area contributed by atoms with Crippen LogP contribution in [-0.2, 0) is 0 Å². The minimum absolute atomic E-state index is 1.33. The van der Waals surface area contributed by atoms with Crippen molar-refractivity contribution >= 4 is 43.1 Å². The van der Waals surface area contributed by atoms with Crippen molar-refractivity contribution < 1.29 is 0 Å². The van der Waals surface area contributed by atoms with E-state index in [1.807, 2.05) is 0 Å².